The number of carbonyl (C=O) groups excluding carboxylic acids is 4. The Morgan fingerprint density at radius 1 is 1.16 bits per heavy atom. The third-order valence-corrected chi connectivity index (χ3v) is 3.40. The van der Waals surface area contributed by atoms with Crippen LogP contribution in [0.1, 0.15) is 29.8 Å². The molecule has 0 heterocycles. The van der Waals surface area contributed by atoms with Gasteiger partial charge in [0.2, 0.25) is 5.91 Å². The smallest absolute Gasteiger partial charge is 0.329 e. The Labute approximate surface area is 146 Å². The third-order valence-electron chi connectivity index (χ3n) is 3.40. The minimum atomic E-state index is -0.906. The zero-order valence-electron chi connectivity index (χ0n) is 14.5. The summed E-state index contributed by atoms with van der Waals surface area (Å²) in [6.07, 6.45) is 0. The van der Waals surface area contributed by atoms with Gasteiger partial charge >= 0.3 is 5.97 Å². The average Bonchev–Trinajstić information content (AvgIpc) is 2.55. The number of carbonyl (C=O) groups is 4. The summed E-state index contributed by atoms with van der Waals surface area (Å²) in [6, 6.07) is 6.08. The van der Waals surface area contributed by atoms with Gasteiger partial charge in [0.1, 0.15) is 6.04 Å². The highest BCUT2D eigenvalue weighted by molar-refractivity contribution is 5.98. The van der Waals surface area contributed by atoms with Crippen molar-refractivity contribution in [3.8, 4) is 0 Å². The van der Waals surface area contributed by atoms with Crippen molar-refractivity contribution in [3.63, 3.8) is 0 Å². The normalized spacial score (nSPS) is 11.5. The number of amides is 3. The molecule has 0 unspecified atom stereocenters. The highest BCUT2D eigenvalue weighted by Gasteiger charge is 2.27. The van der Waals surface area contributed by atoms with E-state index in [9.17, 15) is 19.2 Å². The lowest BCUT2D eigenvalue weighted by molar-refractivity contribution is -0.151. The fourth-order valence-corrected chi connectivity index (χ4v) is 2.01. The number of aryl methyl sites for hydroxylation is 1. The van der Waals surface area contributed by atoms with Gasteiger partial charge < -0.3 is 21.1 Å². The number of primary amides is 1. The SMILES string of the molecule is Cc1ccccc1C(=O)N[C@H](C(=O)OCC(=O)NCC(N)=O)C(C)C. The van der Waals surface area contributed by atoms with Crippen molar-refractivity contribution in [2.45, 2.75) is 26.8 Å². The highest BCUT2D eigenvalue weighted by atomic mass is 16.5. The van der Waals surface area contributed by atoms with E-state index in [2.05, 4.69) is 10.6 Å². The van der Waals surface area contributed by atoms with Crippen LogP contribution in [0.5, 0.6) is 0 Å². The van der Waals surface area contributed by atoms with E-state index in [0.717, 1.165) is 5.56 Å². The second-order valence-electron chi connectivity index (χ2n) is 5.86. The molecule has 4 N–H and O–H groups in total. The van der Waals surface area contributed by atoms with Gasteiger partial charge in [0, 0.05) is 5.56 Å². The van der Waals surface area contributed by atoms with Gasteiger partial charge in [-0.1, -0.05) is 32.0 Å². The number of hydrogen-bond donors (Lipinski definition) is 3. The Bertz CT molecular complexity index is 657. The Kier molecular flexibility index (Phi) is 7.58. The van der Waals surface area contributed by atoms with Crippen molar-refractivity contribution in [3.05, 3.63) is 35.4 Å². The fourth-order valence-electron chi connectivity index (χ4n) is 2.01. The molecule has 0 spiro atoms. The van der Waals surface area contributed by atoms with Crippen LogP contribution < -0.4 is 16.4 Å². The van der Waals surface area contributed by atoms with Crippen LogP contribution in [0.4, 0.5) is 0 Å². The maximum Gasteiger partial charge on any atom is 0.329 e. The molecule has 3 amide bonds. The number of ether oxygens (including phenoxy) is 1. The first-order chi connectivity index (χ1) is 11.7. The van der Waals surface area contributed by atoms with Gasteiger partial charge in [-0.3, -0.25) is 14.4 Å². The zero-order valence-corrected chi connectivity index (χ0v) is 14.5. The van der Waals surface area contributed by atoms with Crippen molar-refractivity contribution in [1.82, 2.24) is 10.6 Å². The van der Waals surface area contributed by atoms with Crippen LogP contribution in [-0.2, 0) is 19.1 Å². The van der Waals surface area contributed by atoms with E-state index in [0.29, 0.717) is 5.56 Å². The summed E-state index contributed by atoms with van der Waals surface area (Å²) in [5.41, 5.74) is 6.14. The van der Waals surface area contributed by atoms with E-state index < -0.39 is 36.3 Å². The molecule has 0 radical (unpaired) electrons. The van der Waals surface area contributed by atoms with Crippen molar-refractivity contribution in [1.29, 1.82) is 0 Å². The Hall–Kier alpha value is -2.90. The van der Waals surface area contributed by atoms with Crippen molar-refractivity contribution >= 4 is 23.7 Å². The maximum absolute atomic E-state index is 12.4. The average molecular weight is 349 g/mol. The standard InChI is InChI=1S/C17H23N3O5/c1-10(2)15(17(24)25-9-14(22)19-8-13(18)21)20-16(23)12-7-5-4-6-11(12)3/h4-7,10,15H,8-9H2,1-3H3,(H2,18,21)(H,19,22)(H,20,23)/t15-/m0/s1. The van der Waals surface area contributed by atoms with Crippen molar-refractivity contribution < 1.29 is 23.9 Å². The Morgan fingerprint density at radius 2 is 1.80 bits per heavy atom. The molecule has 0 aliphatic heterocycles. The summed E-state index contributed by atoms with van der Waals surface area (Å²) in [4.78, 5) is 46.5. The monoisotopic (exact) mass is 349 g/mol. The second-order valence-corrected chi connectivity index (χ2v) is 5.86. The van der Waals surface area contributed by atoms with Crippen LogP contribution in [-0.4, -0.2) is 42.9 Å². The van der Waals surface area contributed by atoms with Gasteiger partial charge in [-0.15, -0.1) is 0 Å². The van der Waals surface area contributed by atoms with Crippen molar-refractivity contribution in [2.24, 2.45) is 11.7 Å². The van der Waals surface area contributed by atoms with E-state index in [1.165, 1.54) is 0 Å². The molecule has 1 rings (SSSR count). The maximum atomic E-state index is 12.4. The molecule has 136 valence electrons. The number of benzene rings is 1. The molecule has 25 heavy (non-hydrogen) atoms. The van der Waals surface area contributed by atoms with Gasteiger partial charge in [-0.25, -0.2) is 4.79 Å². The van der Waals surface area contributed by atoms with Crippen LogP contribution in [0.15, 0.2) is 24.3 Å². The summed E-state index contributed by atoms with van der Waals surface area (Å²) in [5.74, 6) is -2.72. The first-order valence-corrected chi connectivity index (χ1v) is 7.80. The lowest BCUT2D eigenvalue weighted by atomic mass is 10.0. The predicted molar refractivity (Wildman–Crippen MR) is 90.4 cm³/mol. The molecule has 0 aromatic heterocycles. The van der Waals surface area contributed by atoms with Crippen LogP contribution in [0.2, 0.25) is 0 Å². The highest BCUT2D eigenvalue weighted by Crippen LogP contribution is 2.10. The molecule has 1 aromatic rings. The minimum Gasteiger partial charge on any atom is -0.454 e. The van der Waals surface area contributed by atoms with E-state index in [-0.39, 0.29) is 12.5 Å². The Balaban J connectivity index is 2.65. The van der Waals surface area contributed by atoms with Crippen molar-refractivity contribution in [2.75, 3.05) is 13.2 Å². The van der Waals surface area contributed by atoms with Crippen LogP contribution in [0.25, 0.3) is 0 Å². The van der Waals surface area contributed by atoms with Gasteiger partial charge in [0.25, 0.3) is 11.8 Å². The summed E-state index contributed by atoms with van der Waals surface area (Å²) in [5, 5.41) is 4.83. The predicted octanol–water partition coefficient (Wildman–Crippen LogP) is -0.106. The molecule has 0 aliphatic carbocycles. The number of rotatable bonds is 8. The Morgan fingerprint density at radius 3 is 2.36 bits per heavy atom. The molecule has 0 bridgehead atoms. The number of nitrogens with one attached hydrogen (secondary N) is 2. The molecule has 8 nitrogen and oxygen atoms in total. The van der Waals surface area contributed by atoms with Crippen LogP contribution >= 0.6 is 0 Å². The van der Waals surface area contributed by atoms with Crippen LogP contribution in [0, 0.1) is 12.8 Å². The second kappa shape index (κ2) is 9.41. The summed E-state index contributed by atoms with van der Waals surface area (Å²) in [7, 11) is 0. The molecule has 0 fully saturated rings. The molecule has 0 saturated heterocycles. The first kappa shape index (κ1) is 20.1. The topological polar surface area (TPSA) is 128 Å². The van der Waals surface area contributed by atoms with E-state index in [1.807, 2.05) is 6.07 Å². The van der Waals surface area contributed by atoms with Gasteiger partial charge in [0.15, 0.2) is 6.61 Å². The van der Waals surface area contributed by atoms with E-state index in [4.69, 9.17) is 10.5 Å². The number of esters is 1. The molecule has 0 saturated carbocycles. The number of nitrogens with two attached hydrogens (primary N) is 1. The first-order valence-electron chi connectivity index (χ1n) is 7.80. The van der Waals surface area contributed by atoms with Gasteiger partial charge in [0.05, 0.1) is 6.54 Å². The quantitative estimate of drug-likeness (QED) is 0.565. The van der Waals surface area contributed by atoms with E-state index in [1.54, 1.807) is 39.0 Å². The molecule has 1 aromatic carbocycles. The number of hydrogen-bond acceptors (Lipinski definition) is 5. The van der Waals surface area contributed by atoms with Gasteiger partial charge in [-0.05, 0) is 24.5 Å². The molecule has 1 atom stereocenters. The summed E-state index contributed by atoms with van der Waals surface area (Å²) < 4.78 is 4.91. The molecule has 0 aliphatic rings. The molecular weight excluding hydrogens is 326 g/mol. The molecule has 8 heteroatoms. The third kappa shape index (κ3) is 6.62. The lowest BCUT2D eigenvalue weighted by Gasteiger charge is -2.21. The fraction of sp³-hybridized carbons (Fsp3) is 0.412. The summed E-state index contributed by atoms with van der Waals surface area (Å²) >= 11 is 0. The van der Waals surface area contributed by atoms with E-state index >= 15 is 0 Å². The zero-order chi connectivity index (χ0) is 19.0. The lowest BCUT2D eigenvalue weighted by Crippen LogP contribution is -2.46. The van der Waals surface area contributed by atoms with Gasteiger partial charge in [-0.2, -0.15) is 0 Å². The summed E-state index contributed by atoms with van der Waals surface area (Å²) in [6.45, 7) is 4.39. The minimum absolute atomic E-state index is 0.242. The van der Waals surface area contributed by atoms with Crippen LogP contribution in [0.3, 0.4) is 0 Å². The molecular formula is C17H23N3O5. The largest absolute Gasteiger partial charge is 0.454 e.